The number of benzene rings is 1. The van der Waals surface area contributed by atoms with Gasteiger partial charge in [0.05, 0.1) is 11.1 Å². The van der Waals surface area contributed by atoms with Gasteiger partial charge >= 0.3 is 18.1 Å². The Kier molecular flexibility index (Phi) is 4.55. The summed E-state index contributed by atoms with van der Waals surface area (Å²) >= 11 is 0. The van der Waals surface area contributed by atoms with E-state index >= 15 is 0 Å². The standard InChI is InChI=1S/C12H9F5O4/c1-11(13,14)10(12(15,16)17)21-9(20)7-5-3-2-4-6(7)8(18)19/h2-5,10H,1H3,(H,18,19). The highest BCUT2D eigenvalue weighted by atomic mass is 19.4. The molecule has 4 nitrogen and oxygen atoms in total. The number of alkyl halides is 5. The number of carboxylic acids is 1. The van der Waals surface area contributed by atoms with Crippen LogP contribution in [-0.2, 0) is 4.74 Å². The predicted octanol–water partition coefficient (Wildman–Crippen LogP) is 3.13. The van der Waals surface area contributed by atoms with Crippen LogP contribution in [0.4, 0.5) is 22.0 Å². The van der Waals surface area contributed by atoms with Gasteiger partial charge in [0.1, 0.15) is 0 Å². The Bertz CT molecular complexity index is 533. The minimum atomic E-state index is -5.49. The third-order valence-corrected chi connectivity index (χ3v) is 2.36. The maximum Gasteiger partial charge on any atom is 0.431 e. The van der Waals surface area contributed by atoms with E-state index in [9.17, 15) is 31.5 Å². The lowest BCUT2D eigenvalue weighted by molar-refractivity contribution is -0.263. The van der Waals surface area contributed by atoms with Crippen LogP contribution >= 0.6 is 0 Å². The van der Waals surface area contributed by atoms with Crippen molar-refractivity contribution < 1.29 is 41.4 Å². The first-order chi connectivity index (χ1) is 9.44. The normalized spacial score (nSPS) is 13.6. The molecule has 1 aromatic carbocycles. The van der Waals surface area contributed by atoms with E-state index in [0.717, 1.165) is 18.2 Å². The number of aromatic carboxylic acids is 1. The van der Waals surface area contributed by atoms with Crippen molar-refractivity contribution in [3.63, 3.8) is 0 Å². The number of ether oxygens (including phenoxy) is 1. The van der Waals surface area contributed by atoms with Gasteiger partial charge in [-0.25, -0.2) is 18.4 Å². The zero-order valence-corrected chi connectivity index (χ0v) is 10.4. The molecule has 0 aliphatic heterocycles. The van der Waals surface area contributed by atoms with Gasteiger partial charge < -0.3 is 9.84 Å². The van der Waals surface area contributed by atoms with Crippen molar-refractivity contribution in [1.82, 2.24) is 0 Å². The number of carbonyl (C=O) groups is 2. The molecule has 0 aromatic heterocycles. The highest BCUT2D eigenvalue weighted by molar-refractivity contribution is 6.02. The van der Waals surface area contributed by atoms with E-state index in [1.54, 1.807) is 0 Å². The van der Waals surface area contributed by atoms with Crippen LogP contribution in [0.25, 0.3) is 0 Å². The maximum atomic E-state index is 12.9. The quantitative estimate of drug-likeness (QED) is 0.685. The molecule has 0 fully saturated rings. The zero-order valence-electron chi connectivity index (χ0n) is 10.4. The van der Waals surface area contributed by atoms with E-state index in [2.05, 4.69) is 4.74 Å². The Labute approximate surface area is 115 Å². The number of hydrogen-bond donors (Lipinski definition) is 1. The van der Waals surface area contributed by atoms with Crippen molar-refractivity contribution in [1.29, 1.82) is 0 Å². The number of carbonyl (C=O) groups excluding carboxylic acids is 1. The van der Waals surface area contributed by atoms with E-state index in [4.69, 9.17) is 5.11 Å². The first kappa shape index (κ1) is 16.9. The Morgan fingerprint density at radius 2 is 1.57 bits per heavy atom. The number of esters is 1. The van der Waals surface area contributed by atoms with Crippen molar-refractivity contribution in [2.45, 2.75) is 25.1 Å². The summed E-state index contributed by atoms with van der Waals surface area (Å²) in [6.45, 7) is -0.0540. The third-order valence-electron chi connectivity index (χ3n) is 2.36. The van der Waals surface area contributed by atoms with Crippen molar-refractivity contribution in [2.24, 2.45) is 0 Å². The molecule has 1 N–H and O–H groups in total. The molecule has 21 heavy (non-hydrogen) atoms. The van der Waals surface area contributed by atoms with Crippen molar-refractivity contribution in [3.8, 4) is 0 Å². The van der Waals surface area contributed by atoms with Crippen LogP contribution < -0.4 is 0 Å². The van der Waals surface area contributed by atoms with E-state index in [1.165, 1.54) is 6.07 Å². The summed E-state index contributed by atoms with van der Waals surface area (Å²) in [4.78, 5) is 22.4. The molecule has 1 unspecified atom stereocenters. The lowest BCUT2D eigenvalue weighted by atomic mass is 10.1. The molecule has 9 heteroatoms. The topological polar surface area (TPSA) is 63.6 Å². The third kappa shape index (κ3) is 4.14. The summed E-state index contributed by atoms with van der Waals surface area (Å²) in [5, 5.41) is 8.79. The van der Waals surface area contributed by atoms with Crippen molar-refractivity contribution in [3.05, 3.63) is 35.4 Å². The Hall–Kier alpha value is -2.19. The summed E-state index contributed by atoms with van der Waals surface area (Å²) in [5.74, 6) is -7.77. The molecular formula is C12H9F5O4. The lowest BCUT2D eigenvalue weighted by Crippen LogP contribution is -2.46. The van der Waals surface area contributed by atoms with Crippen LogP contribution in [0.15, 0.2) is 24.3 Å². The molecular weight excluding hydrogens is 303 g/mol. The van der Waals surface area contributed by atoms with Crippen LogP contribution in [0.2, 0.25) is 0 Å². The van der Waals surface area contributed by atoms with Crippen LogP contribution in [0.5, 0.6) is 0 Å². The molecule has 1 atom stereocenters. The van der Waals surface area contributed by atoms with E-state index in [1.807, 2.05) is 0 Å². The Balaban J connectivity index is 3.13. The first-order valence-corrected chi connectivity index (χ1v) is 5.42. The Morgan fingerprint density at radius 1 is 1.10 bits per heavy atom. The highest BCUT2D eigenvalue weighted by Crippen LogP contribution is 2.35. The van der Waals surface area contributed by atoms with Gasteiger partial charge in [0.2, 0.25) is 0 Å². The number of carboxylic acid groups (broad SMARTS) is 1. The van der Waals surface area contributed by atoms with Crippen LogP contribution in [0.1, 0.15) is 27.6 Å². The first-order valence-electron chi connectivity index (χ1n) is 5.42. The highest BCUT2D eigenvalue weighted by Gasteiger charge is 2.56. The van der Waals surface area contributed by atoms with Gasteiger partial charge in [0.25, 0.3) is 12.0 Å². The van der Waals surface area contributed by atoms with Crippen LogP contribution in [-0.4, -0.2) is 35.2 Å². The van der Waals surface area contributed by atoms with Crippen LogP contribution in [0, 0.1) is 0 Å². The molecule has 0 amide bonds. The van der Waals surface area contributed by atoms with E-state index in [-0.39, 0.29) is 6.92 Å². The SMILES string of the molecule is CC(F)(F)C(OC(=O)c1ccccc1C(=O)O)C(F)(F)F. The molecule has 1 rings (SSSR count). The maximum absolute atomic E-state index is 12.9. The molecule has 0 aliphatic rings. The van der Waals surface area contributed by atoms with Gasteiger partial charge in [0, 0.05) is 6.92 Å². The molecule has 116 valence electrons. The minimum absolute atomic E-state index is 0.0540. The zero-order chi connectivity index (χ0) is 16.4. The molecule has 0 bridgehead atoms. The molecule has 0 radical (unpaired) electrons. The summed E-state index contributed by atoms with van der Waals surface area (Å²) < 4.78 is 67.0. The van der Waals surface area contributed by atoms with Gasteiger partial charge in [-0.2, -0.15) is 13.2 Å². The van der Waals surface area contributed by atoms with E-state index in [0.29, 0.717) is 0 Å². The number of rotatable bonds is 4. The van der Waals surface area contributed by atoms with Crippen molar-refractivity contribution >= 4 is 11.9 Å². The summed E-state index contributed by atoms with van der Waals surface area (Å²) in [6, 6.07) is 4.18. The van der Waals surface area contributed by atoms with E-state index < -0.39 is 41.3 Å². The predicted molar refractivity (Wildman–Crippen MR) is 59.3 cm³/mol. The minimum Gasteiger partial charge on any atom is -0.478 e. The lowest BCUT2D eigenvalue weighted by Gasteiger charge is -2.25. The van der Waals surface area contributed by atoms with Crippen molar-refractivity contribution in [2.75, 3.05) is 0 Å². The molecule has 0 saturated heterocycles. The van der Waals surface area contributed by atoms with Gasteiger partial charge in [-0.3, -0.25) is 0 Å². The van der Waals surface area contributed by atoms with Gasteiger partial charge in [-0.15, -0.1) is 0 Å². The second kappa shape index (κ2) is 5.66. The average Bonchev–Trinajstić information content (AvgIpc) is 2.32. The Morgan fingerprint density at radius 3 is 1.95 bits per heavy atom. The molecule has 0 heterocycles. The molecule has 1 aromatic rings. The summed E-state index contributed by atoms with van der Waals surface area (Å²) in [7, 11) is 0. The fourth-order valence-corrected chi connectivity index (χ4v) is 1.48. The van der Waals surface area contributed by atoms with Gasteiger partial charge in [0.15, 0.2) is 0 Å². The largest absolute Gasteiger partial charge is 0.478 e. The van der Waals surface area contributed by atoms with Gasteiger partial charge in [-0.1, -0.05) is 12.1 Å². The van der Waals surface area contributed by atoms with Crippen LogP contribution in [0.3, 0.4) is 0 Å². The average molecular weight is 312 g/mol. The summed E-state index contributed by atoms with van der Waals surface area (Å²) in [5.41, 5.74) is -1.40. The smallest absolute Gasteiger partial charge is 0.431 e. The second-order valence-corrected chi connectivity index (χ2v) is 4.13. The number of halogens is 5. The fourth-order valence-electron chi connectivity index (χ4n) is 1.48. The monoisotopic (exact) mass is 312 g/mol. The van der Waals surface area contributed by atoms with Gasteiger partial charge in [-0.05, 0) is 12.1 Å². The second-order valence-electron chi connectivity index (χ2n) is 4.13. The molecule has 0 saturated carbocycles. The number of hydrogen-bond acceptors (Lipinski definition) is 3. The molecule has 0 aliphatic carbocycles. The summed E-state index contributed by atoms with van der Waals surface area (Å²) in [6.07, 6.45) is -9.16. The molecule has 0 spiro atoms. The fraction of sp³-hybridized carbons (Fsp3) is 0.333.